The number of phenolic OH excluding ortho intramolecular Hbond substituents is 1. The Balaban J connectivity index is 2.64. The molecule has 0 saturated carbocycles. The molecule has 0 aliphatic heterocycles. The minimum atomic E-state index is -3.85. The summed E-state index contributed by atoms with van der Waals surface area (Å²) in [4.78, 5) is -0.143. The topological polar surface area (TPSA) is 63.6 Å². The van der Waals surface area contributed by atoms with Crippen molar-refractivity contribution in [3.63, 3.8) is 0 Å². The third kappa shape index (κ3) is 2.57. The second kappa shape index (κ2) is 5.52. The average molecular weight is 333 g/mol. The first-order valence-corrected chi connectivity index (χ1v) is 7.68. The number of hydrogen-bond acceptors (Lipinski definition) is 4. The Labute approximate surface area is 126 Å². The first kappa shape index (κ1) is 15.0. The van der Waals surface area contributed by atoms with Gasteiger partial charge in [-0.2, -0.15) is 0 Å². The van der Waals surface area contributed by atoms with Crippen LogP contribution in [0.2, 0.25) is 10.0 Å². The molecule has 106 valence electrons. The van der Waals surface area contributed by atoms with Crippen LogP contribution in [0, 0.1) is 0 Å². The summed E-state index contributed by atoms with van der Waals surface area (Å²) < 4.78 is 29.9. The van der Waals surface area contributed by atoms with Crippen molar-refractivity contribution < 1.29 is 18.3 Å². The molecule has 0 saturated heterocycles. The Morgan fingerprint density at radius 1 is 1.15 bits per heavy atom. The molecule has 0 aliphatic carbocycles. The van der Waals surface area contributed by atoms with Crippen LogP contribution in [-0.4, -0.2) is 20.6 Å². The normalized spacial score (nSPS) is 11.3. The zero-order chi connectivity index (χ0) is 14.9. The maximum absolute atomic E-state index is 12.5. The first-order chi connectivity index (χ1) is 9.37. The minimum Gasteiger partial charge on any atom is -0.504 e. The van der Waals surface area contributed by atoms with E-state index in [0.717, 1.165) is 0 Å². The zero-order valence-electron chi connectivity index (χ0n) is 10.3. The van der Waals surface area contributed by atoms with Gasteiger partial charge in [0.05, 0.1) is 26.9 Å². The largest absolute Gasteiger partial charge is 0.504 e. The molecule has 0 amide bonds. The summed E-state index contributed by atoms with van der Waals surface area (Å²) in [5.41, 5.74) is 0. The van der Waals surface area contributed by atoms with E-state index < -0.39 is 9.84 Å². The highest BCUT2D eigenvalue weighted by molar-refractivity contribution is 7.91. The number of aromatic hydroxyl groups is 1. The Morgan fingerprint density at radius 2 is 1.85 bits per heavy atom. The fraction of sp³-hybridized carbons (Fsp3) is 0.0769. The van der Waals surface area contributed by atoms with Gasteiger partial charge >= 0.3 is 0 Å². The number of rotatable bonds is 3. The summed E-state index contributed by atoms with van der Waals surface area (Å²) in [5, 5.41) is 9.61. The third-order valence-corrected chi connectivity index (χ3v) is 5.39. The predicted octanol–water partition coefficient (Wildman–Crippen LogP) is 3.54. The lowest BCUT2D eigenvalue weighted by molar-refractivity contribution is 0.372. The monoisotopic (exact) mass is 332 g/mol. The van der Waals surface area contributed by atoms with Crippen molar-refractivity contribution in [3.05, 3.63) is 46.4 Å². The molecule has 0 spiro atoms. The van der Waals surface area contributed by atoms with Crippen LogP contribution in [0.3, 0.4) is 0 Å². The van der Waals surface area contributed by atoms with Crippen molar-refractivity contribution in [1.29, 1.82) is 0 Å². The fourth-order valence-electron chi connectivity index (χ4n) is 1.64. The molecule has 0 atom stereocenters. The highest BCUT2D eigenvalue weighted by Gasteiger charge is 2.23. The number of ether oxygens (including phenoxy) is 1. The highest BCUT2D eigenvalue weighted by atomic mass is 35.5. The Bertz CT molecular complexity index is 757. The van der Waals surface area contributed by atoms with Crippen molar-refractivity contribution in [2.24, 2.45) is 0 Å². The number of sulfone groups is 1. The van der Waals surface area contributed by atoms with Gasteiger partial charge in [-0.15, -0.1) is 0 Å². The lowest BCUT2D eigenvalue weighted by Crippen LogP contribution is -2.03. The van der Waals surface area contributed by atoms with Gasteiger partial charge in [-0.25, -0.2) is 8.42 Å². The molecule has 2 rings (SSSR count). The van der Waals surface area contributed by atoms with Gasteiger partial charge in [-0.1, -0.05) is 29.3 Å². The number of methoxy groups -OCH3 is 1. The number of phenols is 1. The van der Waals surface area contributed by atoms with E-state index in [2.05, 4.69) is 0 Å². The fourth-order valence-corrected chi connectivity index (χ4v) is 3.67. The van der Waals surface area contributed by atoms with Crippen LogP contribution in [0.1, 0.15) is 0 Å². The molecule has 0 heterocycles. The highest BCUT2D eigenvalue weighted by Crippen LogP contribution is 2.35. The molecule has 20 heavy (non-hydrogen) atoms. The van der Waals surface area contributed by atoms with Crippen LogP contribution < -0.4 is 4.74 Å². The number of halogens is 2. The molecule has 4 nitrogen and oxygen atoms in total. The second-order valence-electron chi connectivity index (χ2n) is 3.89. The molecule has 0 aliphatic rings. The zero-order valence-corrected chi connectivity index (χ0v) is 12.6. The van der Waals surface area contributed by atoms with E-state index in [-0.39, 0.29) is 31.3 Å². The molecule has 0 aromatic heterocycles. The van der Waals surface area contributed by atoms with E-state index in [1.807, 2.05) is 0 Å². The van der Waals surface area contributed by atoms with Gasteiger partial charge in [-0.3, -0.25) is 0 Å². The van der Waals surface area contributed by atoms with Crippen molar-refractivity contribution in [3.8, 4) is 11.5 Å². The van der Waals surface area contributed by atoms with E-state index >= 15 is 0 Å². The smallest absolute Gasteiger partial charge is 0.208 e. The molecule has 1 N–H and O–H groups in total. The summed E-state index contributed by atoms with van der Waals surface area (Å²) in [6.07, 6.45) is 0. The van der Waals surface area contributed by atoms with Crippen molar-refractivity contribution in [2.75, 3.05) is 7.11 Å². The van der Waals surface area contributed by atoms with E-state index in [1.54, 1.807) is 0 Å². The van der Waals surface area contributed by atoms with Gasteiger partial charge in [-0.05, 0) is 24.3 Å². The van der Waals surface area contributed by atoms with Crippen molar-refractivity contribution >= 4 is 33.0 Å². The van der Waals surface area contributed by atoms with Gasteiger partial charge in [0, 0.05) is 6.07 Å². The van der Waals surface area contributed by atoms with Gasteiger partial charge in [0.15, 0.2) is 11.5 Å². The molecule has 2 aromatic carbocycles. The maximum Gasteiger partial charge on any atom is 0.208 e. The maximum atomic E-state index is 12.5. The van der Waals surface area contributed by atoms with E-state index in [1.165, 1.54) is 43.5 Å². The van der Waals surface area contributed by atoms with E-state index in [0.29, 0.717) is 0 Å². The minimum absolute atomic E-state index is 0.0405. The number of hydrogen-bond donors (Lipinski definition) is 1. The summed E-state index contributed by atoms with van der Waals surface area (Å²) in [7, 11) is -2.52. The summed E-state index contributed by atoms with van der Waals surface area (Å²) >= 11 is 11.8. The molecular formula is C13H10Cl2O4S. The Kier molecular flexibility index (Phi) is 4.13. The molecule has 0 bridgehead atoms. The summed E-state index contributed by atoms with van der Waals surface area (Å²) in [6, 6.07) is 8.10. The standard InChI is InChI=1S/C13H10Cl2O4S/c1-19-11-7-8(5-6-10(11)16)20(17,18)12-4-2-3-9(14)13(12)15/h2-7,16H,1H3. The lowest BCUT2D eigenvalue weighted by atomic mass is 10.3. The molecule has 2 aromatic rings. The van der Waals surface area contributed by atoms with Crippen LogP contribution in [0.5, 0.6) is 11.5 Å². The van der Waals surface area contributed by atoms with Crippen LogP contribution >= 0.6 is 23.2 Å². The van der Waals surface area contributed by atoms with E-state index in [4.69, 9.17) is 27.9 Å². The second-order valence-corrected chi connectivity index (χ2v) is 6.59. The van der Waals surface area contributed by atoms with Gasteiger partial charge in [0.1, 0.15) is 0 Å². The van der Waals surface area contributed by atoms with Crippen molar-refractivity contribution in [2.45, 2.75) is 9.79 Å². The molecule has 0 unspecified atom stereocenters. The van der Waals surface area contributed by atoms with Crippen molar-refractivity contribution in [1.82, 2.24) is 0 Å². The van der Waals surface area contributed by atoms with E-state index in [9.17, 15) is 13.5 Å². The molecular weight excluding hydrogens is 323 g/mol. The number of benzene rings is 2. The molecule has 0 fully saturated rings. The third-order valence-electron chi connectivity index (χ3n) is 2.67. The quantitative estimate of drug-likeness (QED) is 0.933. The molecule has 7 heteroatoms. The first-order valence-electron chi connectivity index (χ1n) is 5.44. The lowest BCUT2D eigenvalue weighted by Gasteiger charge is -2.09. The predicted molar refractivity (Wildman–Crippen MR) is 76.6 cm³/mol. The Morgan fingerprint density at radius 3 is 2.50 bits per heavy atom. The van der Waals surface area contributed by atoms with Crippen LogP contribution in [0.15, 0.2) is 46.2 Å². The summed E-state index contributed by atoms with van der Waals surface area (Å²) in [5.74, 6) is -0.0899. The SMILES string of the molecule is COc1cc(S(=O)(=O)c2cccc(Cl)c2Cl)ccc1O. The van der Waals surface area contributed by atoms with Gasteiger partial charge in [0.25, 0.3) is 0 Å². The van der Waals surface area contributed by atoms with Gasteiger partial charge in [0.2, 0.25) is 9.84 Å². The molecule has 0 radical (unpaired) electrons. The van der Waals surface area contributed by atoms with Crippen LogP contribution in [0.4, 0.5) is 0 Å². The average Bonchev–Trinajstić information content (AvgIpc) is 2.42. The Hall–Kier alpha value is -1.43. The van der Waals surface area contributed by atoms with Crippen LogP contribution in [-0.2, 0) is 9.84 Å². The summed E-state index contributed by atoms with van der Waals surface area (Å²) in [6.45, 7) is 0. The van der Waals surface area contributed by atoms with Gasteiger partial charge < -0.3 is 9.84 Å². The van der Waals surface area contributed by atoms with Crippen LogP contribution in [0.25, 0.3) is 0 Å².